The number of hydrogen-bond acceptors (Lipinski definition) is 4. The van der Waals surface area contributed by atoms with E-state index in [1.165, 1.54) is 4.90 Å². The first kappa shape index (κ1) is 15.5. The molecule has 7 nitrogen and oxygen atoms in total. The maximum absolute atomic E-state index is 12.6. The lowest BCUT2D eigenvalue weighted by Gasteiger charge is -2.21. The topological polar surface area (TPSA) is 93.6 Å². The lowest BCUT2D eigenvalue weighted by atomic mass is 9.93. The van der Waals surface area contributed by atoms with Crippen LogP contribution < -0.4 is 5.73 Å². The van der Waals surface area contributed by atoms with Crippen LogP contribution in [0.4, 0.5) is 0 Å². The Morgan fingerprint density at radius 2 is 2.04 bits per heavy atom. The fourth-order valence-electron chi connectivity index (χ4n) is 2.81. The Bertz CT molecular complexity index is 774. The molecule has 0 aromatic carbocycles. The van der Waals surface area contributed by atoms with Gasteiger partial charge in [0.2, 0.25) is 5.91 Å². The molecule has 23 heavy (non-hydrogen) atoms. The lowest BCUT2D eigenvalue weighted by molar-refractivity contribution is -0.121. The van der Waals surface area contributed by atoms with E-state index in [1.807, 2.05) is 6.20 Å². The van der Waals surface area contributed by atoms with Gasteiger partial charge in [0.25, 0.3) is 5.91 Å². The summed E-state index contributed by atoms with van der Waals surface area (Å²) in [7, 11) is 0. The molecule has 0 saturated carbocycles. The number of likely N-dealkylation sites (tertiary alicyclic amines) is 1. The van der Waals surface area contributed by atoms with E-state index in [2.05, 4.69) is 30.9 Å². The van der Waals surface area contributed by atoms with E-state index in [0.717, 1.165) is 12.1 Å². The fourth-order valence-corrected chi connectivity index (χ4v) is 2.81. The highest BCUT2D eigenvalue weighted by Gasteiger charge is 2.34. The largest absolute Gasteiger partial charge is 0.368 e. The first-order chi connectivity index (χ1) is 10.8. The molecule has 2 aromatic heterocycles. The zero-order chi connectivity index (χ0) is 16.8. The van der Waals surface area contributed by atoms with Crippen molar-refractivity contribution in [1.82, 2.24) is 19.5 Å². The third-order valence-corrected chi connectivity index (χ3v) is 4.15. The number of rotatable bonds is 2. The zero-order valence-corrected chi connectivity index (χ0v) is 13.6. The Hall–Kier alpha value is -2.44. The molecule has 1 atom stereocenters. The highest BCUT2D eigenvalue weighted by atomic mass is 16.2. The molecule has 1 aliphatic heterocycles. The standard InChI is InChI=1S/C16H21N5O2/c1-16(2,3)12-9-21-13(18-12)7-6-10(19-21)15(23)20-8-4-5-11(20)14(17)22/h6-7,9,11H,4-5,8H2,1-3H3,(H2,17,22). The minimum Gasteiger partial charge on any atom is -0.368 e. The Morgan fingerprint density at radius 3 is 2.70 bits per heavy atom. The van der Waals surface area contributed by atoms with Crippen LogP contribution in [0, 0.1) is 0 Å². The number of primary amides is 1. The molecule has 0 radical (unpaired) electrons. The van der Waals surface area contributed by atoms with Crippen molar-refractivity contribution >= 4 is 17.5 Å². The molecule has 1 saturated heterocycles. The van der Waals surface area contributed by atoms with Crippen LogP contribution in [0.3, 0.4) is 0 Å². The van der Waals surface area contributed by atoms with Crippen LogP contribution in [-0.4, -0.2) is 43.9 Å². The normalized spacial score (nSPS) is 18.6. The number of amides is 2. The maximum Gasteiger partial charge on any atom is 0.274 e. The van der Waals surface area contributed by atoms with Crippen molar-refractivity contribution in [3.05, 3.63) is 29.7 Å². The summed E-state index contributed by atoms with van der Waals surface area (Å²) < 4.78 is 1.61. The summed E-state index contributed by atoms with van der Waals surface area (Å²) in [4.78, 5) is 30.1. The molecule has 7 heteroatoms. The zero-order valence-electron chi connectivity index (χ0n) is 13.6. The Labute approximate surface area is 134 Å². The molecule has 1 aliphatic rings. The fraction of sp³-hybridized carbons (Fsp3) is 0.500. The van der Waals surface area contributed by atoms with Gasteiger partial charge in [-0.3, -0.25) is 9.59 Å². The highest BCUT2D eigenvalue weighted by Crippen LogP contribution is 2.22. The Morgan fingerprint density at radius 1 is 1.30 bits per heavy atom. The second kappa shape index (κ2) is 5.33. The van der Waals surface area contributed by atoms with Crippen LogP contribution in [0.2, 0.25) is 0 Å². The van der Waals surface area contributed by atoms with Gasteiger partial charge in [-0.1, -0.05) is 20.8 Å². The molecular formula is C16H21N5O2. The summed E-state index contributed by atoms with van der Waals surface area (Å²) in [6.07, 6.45) is 3.23. The van der Waals surface area contributed by atoms with Gasteiger partial charge in [-0.05, 0) is 25.0 Å². The first-order valence-corrected chi connectivity index (χ1v) is 7.74. The Kier molecular flexibility index (Phi) is 3.58. The summed E-state index contributed by atoms with van der Waals surface area (Å²) in [5, 5.41) is 4.36. The molecule has 122 valence electrons. The molecule has 2 amide bonds. The second-order valence-corrected chi connectivity index (χ2v) is 6.96. The van der Waals surface area contributed by atoms with Gasteiger partial charge in [-0.2, -0.15) is 5.10 Å². The van der Waals surface area contributed by atoms with E-state index in [0.29, 0.717) is 24.3 Å². The van der Waals surface area contributed by atoms with Crippen LogP contribution >= 0.6 is 0 Å². The molecule has 2 N–H and O–H groups in total. The number of fused-ring (bicyclic) bond motifs is 1. The monoisotopic (exact) mass is 315 g/mol. The minimum absolute atomic E-state index is 0.0934. The molecular weight excluding hydrogens is 294 g/mol. The van der Waals surface area contributed by atoms with E-state index in [1.54, 1.807) is 16.6 Å². The molecule has 3 heterocycles. The predicted molar refractivity (Wildman–Crippen MR) is 84.9 cm³/mol. The minimum atomic E-state index is -0.534. The van der Waals surface area contributed by atoms with Gasteiger partial charge in [-0.15, -0.1) is 0 Å². The van der Waals surface area contributed by atoms with Crippen molar-refractivity contribution in [2.75, 3.05) is 6.54 Å². The SMILES string of the molecule is CC(C)(C)c1cn2nc(C(=O)N3CCCC3C(N)=O)ccc2n1. The number of nitrogens with two attached hydrogens (primary N) is 1. The van der Waals surface area contributed by atoms with Crippen molar-refractivity contribution in [3.63, 3.8) is 0 Å². The van der Waals surface area contributed by atoms with Crippen LogP contribution in [0.1, 0.15) is 49.8 Å². The van der Waals surface area contributed by atoms with Crippen molar-refractivity contribution in [3.8, 4) is 0 Å². The van der Waals surface area contributed by atoms with Gasteiger partial charge < -0.3 is 10.6 Å². The summed E-state index contributed by atoms with van der Waals surface area (Å²) in [6, 6.07) is 2.88. The van der Waals surface area contributed by atoms with Crippen LogP contribution in [0.5, 0.6) is 0 Å². The number of carbonyl (C=O) groups excluding carboxylic acids is 2. The molecule has 0 aliphatic carbocycles. The highest BCUT2D eigenvalue weighted by molar-refractivity contribution is 5.96. The van der Waals surface area contributed by atoms with E-state index in [4.69, 9.17) is 5.73 Å². The van der Waals surface area contributed by atoms with Gasteiger partial charge >= 0.3 is 0 Å². The van der Waals surface area contributed by atoms with Gasteiger partial charge in [-0.25, -0.2) is 9.50 Å². The summed E-state index contributed by atoms with van der Waals surface area (Å²) in [5.41, 5.74) is 7.18. The number of imidazole rings is 1. The average Bonchev–Trinajstić information content (AvgIpc) is 3.11. The van der Waals surface area contributed by atoms with Crippen LogP contribution in [-0.2, 0) is 10.2 Å². The molecule has 1 unspecified atom stereocenters. The van der Waals surface area contributed by atoms with Crippen LogP contribution in [0.15, 0.2) is 18.3 Å². The molecule has 3 rings (SSSR count). The van der Waals surface area contributed by atoms with E-state index >= 15 is 0 Å². The quantitative estimate of drug-likeness (QED) is 0.898. The van der Waals surface area contributed by atoms with Crippen molar-refractivity contribution < 1.29 is 9.59 Å². The Balaban J connectivity index is 1.94. The van der Waals surface area contributed by atoms with Gasteiger partial charge in [0, 0.05) is 12.0 Å². The molecule has 1 fully saturated rings. The summed E-state index contributed by atoms with van der Waals surface area (Å²) >= 11 is 0. The second-order valence-electron chi connectivity index (χ2n) is 6.96. The van der Waals surface area contributed by atoms with Crippen LogP contribution in [0.25, 0.3) is 5.65 Å². The third-order valence-electron chi connectivity index (χ3n) is 4.15. The van der Waals surface area contributed by atoms with E-state index in [-0.39, 0.29) is 11.3 Å². The average molecular weight is 315 g/mol. The molecule has 0 bridgehead atoms. The third kappa shape index (κ3) is 2.78. The van der Waals surface area contributed by atoms with Crippen molar-refractivity contribution in [1.29, 1.82) is 0 Å². The molecule has 0 spiro atoms. The van der Waals surface area contributed by atoms with Gasteiger partial charge in [0.05, 0.1) is 11.9 Å². The predicted octanol–water partition coefficient (Wildman–Crippen LogP) is 1.12. The van der Waals surface area contributed by atoms with Gasteiger partial charge in [0.15, 0.2) is 5.65 Å². The summed E-state index contributed by atoms with van der Waals surface area (Å²) in [6.45, 7) is 6.75. The van der Waals surface area contributed by atoms with Gasteiger partial charge in [0.1, 0.15) is 11.7 Å². The smallest absolute Gasteiger partial charge is 0.274 e. The number of aromatic nitrogens is 3. The lowest BCUT2D eigenvalue weighted by Crippen LogP contribution is -2.44. The maximum atomic E-state index is 12.6. The number of nitrogens with zero attached hydrogens (tertiary/aromatic N) is 4. The number of hydrogen-bond donors (Lipinski definition) is 1. The summed E-state index contributed by atoms with van der Waals surface area (Å²) in [5.74, 6) is -0.728. The van der Waals surface area contributed by atoms with E-state index < -0.39 is 11.9 Å². The molecule has 2 aromatic rings. The van der Waals surface area contributed by atoms with E-state index in [9.17, 15) is 9.59 Å². The van der Waals surface area contributed by atoms with Crippen molar-refractivity contribution in [2.45, 2.75) is 45.1 Å². The van der Waals surface area contributed by atoms with Crippen molar-refractivity contribution in [2.24, 2.45) is 5.73 Å². The number of carbonyl (C=O) groups is 2. The first-order valence-electron chi connectivity index (χ1n) is 7.74.